The first kappa shape index (κ1) is 27.9. The number of hydrogen-bond acceptors (Lipinski definition) is 9. The van der Waals surface area contributed by atoms with Crippen molar-refractivity contribution in [2.24, 2.45) is 0 Å². The number of aromatic nitrogens is 2. The lowest BCUT2D eigenvalue weighted by atomic mass is 9.95. The number of nitrogen functional groups attached to an aromatic ring is 1. The van der Waals surface area contributed by atoms with Crippen LogP contribution < -0.4 is 16.4 Å². The van der Waals surface area contributed by atoms with Crippen LogP contribution in [0.4, 0.5) is 10.7 Å². The first-order chi connectivity index (χ1) is 16.4. The second-order valence-corrected chi connectivity index (χ2v) is 9.86. The Bertz CT molecular complexity index is 1080. The van der Waals surface area contributed by atoms with Crippen molar-refractivity contribution >= 4 is 35.7 Å². The smallest absolute Gasteiger partial charge is 0.407 e. The maximum atomic E-state index is 12.1. The molecule has 0 aliphatic carbocycles. The molecular formula is C24H33N5O5S. The Hall–Kier alpha value is -3.34. The van der Waals surface area contributed by atoms with Crippen LogP contribution in [0.3, 0.4) is 0 Å². The number of methoxy groups -OCH3 is 1. The number of amides is 2. The first-order valence-corrected chi connectivity index (χ1v) is 12.1. The lowest BCUT2D eigenvalue weighted by Crippen LogP contribution is -2.35. The Morgan fingerprint density at radius 3 is 2.46 bits per heavy atom. The average Bonchev–Trinajstić information content (AvgIpc) is 2.75. The summed E-state index contributed by atoms with van der Waals surface area (Å²) in [6.07, 6.45) is -0.413. The maximum Gasteiger partial charge on any atom is 0.407 e. The van der Waals surface area contributed by atoms with E-state index < -0.39 is 17.7 Å². The Labute approximate surface area is 209 Å². The van der Waals surface area contributed by atoms with E-state index in [4.69, 9.17) is 15.2 Å². The molecule has 0 spiro atoms. The van der Waals surface area contributed by atoms with Gasteiger partial charge in [0.15, 0.2) is 0 Å². The van der Waals surface area contributed by atoms with Gasteiger partial charge in [-0.1, -0.05) is 6.07 Å². The van der Waals surface area contributed by atoms with E-state index in [1.807, 2.05) is 26.0 Å². The second kappa shape index (κ2) is 12.4. The van der Waals surface area contributed by atoms with E-state index >= 15 is 0 Å². The number of nitrogens with zero attached hydrogens (tertiary/aromatic N) is 2. The number of nitrogens with one attached hydrogen (secondary N) is 2. The molecule has 0 aliphatic rings. The molecular weight excluding hydrogens is 470 g/mol. The summed E-state index contributed by atoms with van der Waals surface area (Å²) in [5.41, 5.74) is 8.92. The van der Waals surface area contributed by atoms with Gasteiger partial charge in [0.1, 0.15) is 10.6 Å². The summed E-state index contributed by atoms with van der Waals surface area (Å²) in [5.74, 6) is 0.0683. The molecule has 0 atom stereocenters. The third-order valence-corrected chi connectivity index (χ3v) is 5.66. The molecule has 0 aliphatic heterocycles. The molecule has 4 N–H and O–H groups in total. The summed E-state index contributed by atoms with van der Waals surface area (Å²) >= 11 is 1.42. The summed E-state index contributed by atoms with van der Waals surface area (Å²) in [4.78, 5) is 44.4. The molecule has 0 saturated carbocycles. The third kappa shape index (κ3) is 8.75. The minimum atomic E-state index is -0.588. The Kier molecular flexibility index (Phi) is 9.88. The largest absolute Gasteiger partial charge is 0.465 e. The van der Waals surface area contributed by atoms with Crippen molar-refractivity contribution in [2.45, 2.75) is 51.7 Å². The Balaban J connectivity index is 1.93. The fourth-order valence-corrected chi connectivity index (χ4v) is 4.01. The normalized spacial score (nSPS) is 11.0. The summed E-state index contributed by atoms with van der Waals surface area (Å²) in [5, 5.41) is 6.00. The zero-order chi connectivity index (χ0) is 26.2. The van der Waals surface area contributed by atoms with Gasteiger partial charge in [-0.15, -0.1) is 11.8 Å². The van der Waals surface area contributed by atoms with Gasteiger partial charge in [-0.3, -0.25) is 4.79 Å². The first-order valence-electron chi connectivity index (χ1n) is 11.1. The minimum Gasteiger partial charge on any atom is -0.465 e. The van der Waals surface area contributed by atoms with Crippen molar-refractivity contribution in [2.75, 3.05) is 31.7 Å². The standard InChI is InChI=1S/C24H33N5O5S/c1-14-7-8-16(21(31)33-6)15(2)20(14)17-13-19(29-22(25)28-17)35-12-11-26-18(30)9-10-27-23(32)34-24(3,4)5/h7-8,13H,9-12H2,1-6H3,(H,26,30)(H,27,32)(H2,25,28,29). The number of nitrogens with two attached hydrogens (primary N) is 1. The van der Waals surface area contributed by atoms with Gasteiger partial charge in [-0.05, 0) is 57.9 Å². The van der Waals surface area contributed by atoms with Crippen molar-refractivity contribution < 1.29 is 23.9 Å². The number of aryl methyl sites for hydroxylation is 1. The molecule has 1 aromatic carbocycles. The van der Waals surface area contributed by atoms with Crippen molar-refractivity contribution in [3.05, 3.63) is 34.9 Å². The number of ether oxygens (including phenoxy) is 2. The molecule has 190 valence electrons. The molecule has 10 nitrogen and oxygen atoms in total. The van der Waals surface area contributed by atoms with Crippen molar-refractivity contribution in [1.82, 2.24) is 20.6 Å². The van der Waals surface area contributed by atoms with Gasteiger partial charge in [0.25, 0.3) is 0 Å². The van der Waals surface area contributed by atoms with Crippen LogP contribution in [-0.2, 0) is 14.3 Å². The van der Waals surface area contributed by atoms with Gasteiger partial charge in [0.05, 0.1) is 18.4 Å². The number of carbonyl (C=O) groups excluding carboxylic acids is 3. The summed E-state index contributed by atoms with van der Waals surface area (Å²) in [6, 6.07) is 5.38. The molecule has 11 heteroatoms. The van der Waals surface area contributed by atoms with Crippen LogP contribution in [-0.4, -0.2) is 59.5 Å². The molecule has 0 radical (unpaired) electrons. The SMILES string of the molecule is COC(=O)c1ccc(C)c(-c2cc(SCCNC(=O)CCNC(=O)OC(C)(C)C)nc(N)n2)c1C. The molecule has 0 saturated heterocycles. The highest BCUT2D eigenvalue weighted by atomic mass is 32.2. The highest BCUT2D eigenvalue weighted by molar-refractivity contribution is 7.99. The van der Waals surface area contributed by atoms with Crippen LogP contribution in [0.15, 0.2) is 23.2 Å². The predicted molar refractivity (Wildman–Crippen MR) is 135 cm³/mol. The van der Waals surface area contributed by atoms with E-state index in [0.717, 1.165) is 16.7 Å². The van der Waals surface area contributed by atoms with Gasteiger partial charge in [0, 0.05) is 30.8 Å². The van der Waals surface area contributed by atoms with E-state index in [9.17, 15) is 14.4 Å². The highest BCUT2D eigenvalue weighted by Gasteiger charge is 2.18. The Morgan fingerprint density at radius 1 is 1.09 bits per heavy atom. The van der Waals surface area contributed by atoms with Crippen LogP contribution in [0, 0.1) is 13.8 Å². The van der Waals surface area contributed by atoms with E-state index in [0.29, 0.717) is 28.6 Å². The van der Waals surface area contributed by atoms with Crippen LogP contribution in [0.2, 0.25) is 0 Å². The molecule has 1 heterocycles. The molecule has 2 aromatic rings. The number of carbonyl (C=O) groups is 3. The molecule has 0 fully saturated rings. The van der Waals surface area contributed by atoms with Gasteiger partial charge in [-0.25, -0.2) is 19.6 Å². The van der Waals surface area contributed by atoms with Crippen LogP contribution in [0.5, 0.6) is 0 Å². The van der Waals surface area contributed by atoms with Gasteiger partial charge in [0.2, 0.25) is 11.9 Å². The topological polar surface area (TPSA) is 146 Å². The minimum absolute atomic E-state index is 0.115. The number of thioether (sulfide) groups is 1. The van der Waals surface area contributed by atoms with Crippen molar-refractivity contribution in [3.63, 3.8) is 0 Å². The maximum absolute atomic E-state index is 12.1. The van der Waals surface area contributed by atoms with E-state index in [1.165, 1.54) is 18.9 Å². The van der Waals surface area contributed by atoms with Gasteiger partial charge in [-0.2, -0.15) is 0 Å². The molecule has 35 heavy (non-hydrogen) atoms. The zero-order valence-electron chi connectivity index (χ0n) is 21.0. The molecule has 1 aromatic heterocycles. The van der Waals surface area contributed by atoms with Crippen LogP contribution in [0.25, 0.3) is 11.3 Å². The van der Waals surface area contributed by atoms with E-state index in [-0.39, 0.29) is 24.8 Å². The summed E-state index contributed by atoms with van der Waals surface area (Å²) < 4.78 is 10.0. The number of alkyl carbamates (subject to hydrolysis) is 1. The molecule has 2 rings (SSSR count). The lowest BCUT2D eigenvalue weighted by molar-refractivity contribution is -0.120. The number of benzene rings is 1. The van der Waals surface area contributed by atoms with E-state index in [2.05, 4.69) is 20.6 Å². The molecule has 2 amide bonds. The molecule has 0 unspecified atom stereocenters. The fraction of sp³-hybridized carbons (Fsp3) is 0.458. The predicted octanol–water partition coefficient (Wildman–Crippen LogP) is 3.25. The van der Waals surface area contributed by atoms with Crippen LogP contribution >= 0.6 is 11.8 Å². The third-order valence-electron chi connectivity index (χ3n) is 4.75. The van der Waals surface area contributed by atoms with Crippen molar-refractivity contribution in [3.8, 4) is 11.3 Å². The summed E-state index contributed by atoms with van der Waals surface area (Å²) in [7, 11) is 1.34. The fourth-order valence-electron chi connectivity index (χ4n) is 3.24. The number of anilines is 1. The monoisotopic (exact) mass is 503 g/mol. The van der Waals surface area contributed by atoms with E-state index in [1.54, 1.807) is 26.8 Å². The van der Waals surface area contributed by atoms with Gasteiger partial charge < -0.3 is 25.8 Å². The van der Waals surface area contributed by atoms with Gasteiger partial charge >= 0.3 is 12.1 Å². The summed E-state index contributed by atoms with van der Waals surface area (Å²) in [6.45, 7) is 9.68. The zero-order valence-corrected chi connectivity index (χ0v) is 21.8. The number of hydrogen-bond donors (Lipinski definition) is 3. The van der Waals surface area contributed by atoms with Crippen molar-refractivity contribution in [1.29, 1.82) is 0 Å². The quantitative estimate of drug-likeness (QED) is 0.203. The second-order valence-electron chi connectivity index (χ2n) is 8.75. The lowest BCUT2D eigenvalue weighted by Gasteiger charge is -2.19. The highest BCUT2D eigenvalue weighted by Crippen LogP contribution is 2.31. The average molecular weight is 504 g/mol. The number of esters is 1. The number of rotatable bonds is 9. The van der Waals surface area contributed by atoms with Crippen LogP contribution in [0.1, 0.15) is 48.7 Å². The Morgan fingerprint density at radius 2 is 1.80 bits per heavy atom. The molecule has 0 bridgehead atoms.